The van der Waals surface area contributed by atoms with E-state index in [4.69, 9.17) is 10.5 Å². The molecule has 20 heavy (non-hydrogen) atoms. The van der Waals surface area contributed by atoms with Crippen LogP contribution in [0.3, 0.4) is 0 Å². The van der Waals surface area contributed by atoms with Crippen LogP contribution in [0, 0.1) is 0 Å². The Balaban J connectivity index is 1.89. The second-order valence-electron chi connectivity index (χ2n) is 5.23. The smallest absolute Gasteiger partial charge is 0.239 e. The number of anilines is 1. The van der Waals surface area contributed by atoms with Crippen LogP contribution in [0.25, 0.3) is 0 Å². The lowest BCUT2D eigenvalue weighted by Gasteiger charge is -2.34. The Kier molecular flexibility index (Phi) is 4.97. The summed E-state index contributed by atoms with van der Waals surface area (Å²) in [6.07, 6.45) is 5.85. The molecule has 0 aliphatic carbocycles. The molecule has 1 aromatic rings. The average Bonchev–Trinajstić information content (AvgIpc) is 2.86. The molecule has 1 aliphatic rings. The first-order valence-corrected chi connectivity index (χ1v) is 6.88. The van der Waals surface area contributed by atoms with Crippen LogP contribution < -0.4 is 16.0 Å². The van der Waals surface area contributed by atoms with Gasteiger partial charge in [0.15, 0.2) is 0 Å². The molecular formula is C13H23N5O2. The number of nitrogens with zero attached hydrogens (tertiary/aromatic N) is 3. The van der Waals surface area contributed by atoms with Crippen molar-refractivity contribution in [3.05, 3.63) is 12.4 Å². The Morgan fingerprint density at radius 2 is 2.50 bits per heavy atom. The number of aryl methyl sites for hydroxylation is 1. The van der Waals surface area contributed by atoms with E-state index in [0.29, 0.717) is 0 Å². The maximum Gasteiger partial charge on any atom is 0.239 e. The molecule has 0 radical (unpaired) electrons. The Morgan fingerprint density at radius 3 is 3.15 bits per heavy atom. The minimum atomic E-state index is -0.603. The zero-order valence-electron chi connectivity index (χ0n) is 12.1. The highest BCUT2D eigenvalue weighted by molar-refractivity contribution is 5.82. The Hall–Kier alpha value is -1.60. The van der Waals surface area contributed by atoms with Crippen molar-refractivity contribution in [1.29, 1.82) is 0 Å². The van der Waals surface area contributed by atoms with Gasteiger partial charge in [0, 0.05) is 39.5 Å². The topological polar surface area (TPSA) is 85.4 Å². The maximum absolute atomic E-state index is 11.9. The second-order valence-corrected chi connectivity index (χ2v) is 5.23. The van der Waals surface area contributed by atoms with Crippen LogP contribution in [0.4, 0.5) is 5.69 Å². The molecule has 1 aliphatic heterocycles. The largest absolute Gasteiger partial charge is 0.383 e. The van der Waals surface area contributed by atoms with Gasteiger partial charge in [-0.1, -0.05) is 0 Å². The van der Waals surface area contributed by atoms with Crippen molar-refractivity contribution in [2.45, 2.75) is 24.9 Å². The molecular weight excluding hydrogens is 258 g/mol. The van der Waals surface area contributed by atoms with Gasteiger partial charge in [-0.05, 0) is 12.8 Å². The number of hydrogen-bond donors (Lipinski definition) is 2. The first kappa shape index (κ1) is 14.8. The Bertz CT molecular complexity index is 448. The molecule has 7 heteroatoms. The van der Waals surface area contributed by atoms with Crippen LogP contribution in [0.1, 0.15) is 12.8 Å². The molecule has 1 aromatic heterocycles. The lowest BCUT2D eigenvalue weighted by Crippen LogP contribution is -2.53. The van der Waals surface area contributed by atoms with Crippen LogP contribution in [0.15, 0.2) is 12.4 Å². The predicted octanol–water partition coefficient (Wildman–Crippen LogP) is -0.521. The number of aromatic nitrogens is 2. The van der Waals surface area contributed by atoms with Crippen LogP contribution in [-0.4, -0.2) is 54.6 Å². The number of amides is 1. The predicted molar refractivity (Wildman–Crippen MR) is 76.4 cm³/mol. The monoisotopic (exact) mass is 281 g/mol. The van der Waals surface area contributed by atoms with E-state index < -0.39 is 6.04 Å². The molecule has 2 unspecified atom stereocenters. The third-order valence-corrected chi connectivity index (χ3v) is 3.51. The van der Waals surface area contributed by atoms with Crippen LogP contribution in [0.2, 0.25) is 0 Å². The van der Waals surface area contributed by atoms with E-state index in [1.54, 1.807) is 4.68 Å². The third-order valence-electron chi connectivity index (χ3n) is 3.51. The molecule has 2 atom stereocenters. The molecule has 0 spiro atoms. The van der Waals surface area contributed by atoms with Gasteiger partial charge >= 0.3 is 0 Å². The van der Waals surface area contributed by atoms with Gasteiger partial charge in [0.25, 0.3) is 0 Å². The molecule has 7 nitrogen and oxygen atoms in total. The normalized spacial score (nSPS) is 20.8. The Morgan fingerprint density at radius 1 is 1.70 bits per heavy atom. The summed E-state index contributed by atoms with van der Waals surface area (Å²) in [5.41, 5.74) is 6.82. The number of carbonyl (C=O) groups is 1. The van der Waals surface area contributed by atoms with Gasteiger partial charge in [-0.3, -0.25) is 9.48 Å². The van der Waals surface area contributed by atoms with Crippen molar-refractivity contribution >= 4 is 11.6 Å². The quantitative estimate of drug-likeness (QED) is 0.758. The van der Waals surface area contributed by atoms with Crippen molar-refractivity contribution in [1.82, 2.24) is 15.1 Å². The number of nitrogens with one attached hydrogen (secondary N) is 1. The molecule has 2 rings (SSSR count). The highest BCUT2D eigenvalue weighted by Gasteiger charge is 2.24. The lowest BCUT2D eigenvalue weighted by atomic mass is 10.0. The van der Waals surface area contributed by atoms with E-state index in [0.717, 1.165) is 31.6 Å². The first-order chi connectivity index (χ1) is 9.60. The molecule has 1 amide bonds. The first-order valence-electron chi connectivity index (χ1n) is 6.88. The fourth-order valence-corrected chi connectivity index (χ4v) is 2.46. The molecule has 2 heterocycles. The summed E-state index contributed by atoms with van der Waals surface area (Å²) in [4.78, 5) is 14.1. The van der Waals surface area contributed by atoms with Crippen molar-refractivity contribution in [3.63, 3.8) is 0 Å². The fourth-order valence-electron chi connectivity index (χ4n) is 2.46. The van der Waals surface area contributed by atoms with Gasteiger partial charge in [0.05, 0.1) is 18.5 Å². The van der Waals surface area contributed by atoms with Gasteiger partial charge in [-0.2, -0.15) is 5.10 Å². The fraction of sp³-hybridized carbons (Fsp3) is 0.692. The summed E-state index contributed by atoms with van der Waals surface area (Å²) >= 11 is 0. The number of hydrogen-bond acceptors (Lipinski definition) is 5. The molecule has 3 N–H and O–H groups in total. The summed E-state index contributed by atoms with van der Waals surface area (Å²) < 4.78 is 6.68. The number of nitrogens with two attached hydrogens (primary N) is 1. The molecule has 1 saturated heterocycles. The van der Waals surface area contributed by atoms with E-state index in [1.165, 1.54) is 7.11 Å². The molecule has 0 aromatic carbocycles. The van der Waals surface area contributed by atoms with Gasteiger partial charge in [-0.15, -0.1) is 0 Å². The Labute approximate surface area is 119 Å². The molecule has 1 fully saturated rings. The maximum atomic E-state index is 11.9. The molecule has 0 saturated carbocycles. The number of ether oxygens (including phenoxy) is 1. The number of rotatable bonds is 5. The lowest BCUT2D eigenvalue weighted by molar-refractivity contribution is -0.124. The minimum absolute atomic E-state index is 0.124. The standard InChI is InChI=1S/C13H23N5O2/c1-17-8-11(6-15-17)18-5-3-4-10(7-18)16-13(19)12(14)9-20-2/h6,8,10,12H,3-5,7,9,14H2,1-2H3,(H,16,19). The summed E-state index contributed by atoms with van der Waals surface area (Å²) in [5.74, 6) is -0.148. The van der Waals surface area contributed by atoms with Gasteiger partial charge in [0.2, 0.25) is 5.91 Å². The van der Waals surface area contributed by atoms with E-state index in [-0.39, 0.29) is 18.6 Å². The van der Waals surface area contributed by atoms with Gasteiger partial charge in [0.1, 0.15) is 6.04 Å². The SMILES string of the molecule is COCC(N)C(=O)NC1CCCN(c2cnn(C)c2)C1. The van der Waals surface area contributed by atoms with E-state index in [9.17, 15) is 4.79 Å². The average molecular weight is 281 g/mol. The minimum Gasteiger partial charge on any atom is -0.383 e. The van der Waals surface area contributed by atoms with Crippen molar-refractivity contribution in [2.24, 2.45) is 12.8 Å². The second kappa shape index (κ2) is 6.71. The molecule has 0 bridgehead atoms. The van der Waals surface area contributed by atoms with Gasteiger partial charge in [-0.25, -0.2) is 0 Å². The van der Waals surface area contributed by atoms with Crippen LogP contribution in [0.5, 0.6) is 0 Å². The highest BCUT2D eigenvalue weighted by atomic mass is 16.5. The summed E-state index contributed by atoms with van der Waals surface area (Å²) in [5, 5.41) is 7.18. The van der Waals surface area contributed by atoms with Crippen LogP contribution in [-0.2, 0) is 16.6 Å². The molecule has 112 valence electrons. The number of carbonyl (C=O) groups excluding carboxylic acids is 1. The van der Waals surface area contributed by atoms with Crippen molar-refractivity contribution < 1.29 is 9.53 Å². The van der Waals surface area contributed by atoms with Gasteiger partial charge < -0.3 is 20.7 Å². The van der Waals surface area contributed by atoms with Crippen molar-refractivity contribution in [2.75, 3.05) is 31.7 Å². The number of piperidine rings is 1. The van der Waals surface area contributed by atoms with Crippen LogP contribution >= 0.6 is 0 Å². The third kappa shape index (κ3) is 3.71. The zero-order chi connectivity index (χ0) is 14.5. The summed E-state index contributed by atoms with van der Waals surface area (Å²) in [6.45, 7) is 2.02. The summed E-state index contributed by atoms with van der Waals surface area (Å²) in [6, 6.07) is -0.479. The van der Waals surface area contributed by atoms with E-state index in [2.05, 4.69) is 15.3 Å². The number of methoxy groups -OCH3 is 1. The van der Waals surface area contributed by atoms with Crippen molar-refractivity contribution in [3.8, 4) is 0 Å². The highest BCUT2D eigenvalue weighted by Crippen LogP contribution is 2.18. The zero-order valence-corrected chi connectivity index (χ0v) is 12.1. The van der Waals surface area contributed by atoms with E-state index in [1.807, 2.05) is 19.4 Å². The summed E-state index contributed by atoms with van der Waals surface area (Å²) in [7, 11) is 3.44. The van der Waals surface area contributed by atoms with E-state index >= 15 is 0 Å².